The van der Waals surface area contributed by atoms with Crippen LogP contribution in [-0.2, 0) is 35.4 Å². The number of esters is 1. The van der Waals surface area contributed by atoms with Crippen LogP contribution in [0.15, 0.2) is 59.5 Å². The van der Waals surface area contributed by atoms with Crippen molar-refractivity contribution < 1.29 is 45.8 Å². The van der Waals surface area contributed by atoms with Crippen molar-refractivity contribution in [1.29, 1.82) is 0 Å². The van der Waals surface area contributed by atoms with E-state index in [4.69, 9.17) is 0 Å². The highest BCUT2D eigenvalue weighted by atomic mass is 32.2. The van der Waals surface area contributed by atoms with E-state index in [1.807, 2.05) is 6.92 Å². The Morgan fingerprint density at radius 3 is 2.23 bits per heavy atom. The first-order valence-electron chi connectivity index (χ1n) is 11.0. The number of carbonyl (C=O) groups excluding carboxylic acids is 2. The van der Waals surface area contributed by atoms with Gasteiger partial charge in [-0.2, -0.15) is 22.6 Å². The van der Waals surface area contributed by atoms with E-state index in [-0.39, 0.29) is 15.7 Å². The highest BCUT2D eigenvalue weighted by molar-refractivity contribution is 7.89. The van der Waals surface area contributed by atoms with Crippen molar-refractivity contribution >= 4 is 21.9 Å². The number of aryl methyl sites for hydroxylation is 1. The van der Waals surface area contributed by atoms with Crippen LogP contribution in [0.2, 0.25) is 0 Å². The second-order valence-electron chi connectivity index (χ2n) is 8.12. The molecule has 0 saturated heterocycles. The average Bonchev–Trinajstić information content (AvgIpc) is 3.30. The molecule has 0 aliphatic carbocycles. The van der Waals surface area contributed by atoms with Gasteiger partial charge in [-0.05, 0) is 44.2 Å². The maximum atomic E-state index is 13.4. The summed E-state index contributed by atoms with van der Waals surface area (Å²) in [6.45, 7) is 2.58. The molecule has 0 aliphatic heterocycles. The number of rotatable bonds is 9. The van der Waals surface area contributed by atoms with Gasteiger partial charge in [0.1, 0.15) is 0 Å². The number of hydrogen-bond acceptors (Lipinski definition) is 9. The van der Waals surface area contributed by atoms with Gasteiger partial charge in [0.2, 0.25) is 12.0 Å². The van der Waals surface area contributed by atoms with E-state index >= 15 is 0 Å². The minimum atomic E-state index is -4.74. The molecule has 1 atom stereocenters. The Bertz CT molecular complexity index is 1490. The third-order valence-corrected chi connectivity index (χ3v) is 7.08. The van der Waals surface area contributed by atoms with Crippen molar-refractivity contribution in [3.63, 3.8) is 0 Å². The summed E-state index contributed by atoms with van der Waals surface area (Å²) < 4.78 is 72.3. The number of halogens is 3. The molecule has 0 aliphatic rings. The Kier molecular flexibility index (Phi) is 8.28. The van der Waals surface area contributed by atoms with Gasteiger partial charge in [-0.25, -0.2) is 17.9 Å². The number of benzene rings is 2. The number of carbonyl (C=O) groups is 2. The molecule has 0 bridgehead atoms. The summed E-state index contributed by atoms with van der Waals surface area (Å²) in [7, 11) is -4.61. The third-order valence-electron chi connectivity index (χ3n) is 5.27. The number of aromatic nitrogens is 2. The SMILES string of the molecule is CC(=O)N(COC(=O)C(C)O[N+](=O)[O-])S(=O)(=O)c1ccc(-n2nc(C(F)(F)F)cc2-c2ccc(C)cc2)cc1. The zero-order valence-corrected chi connectivity index (χ0v) is 21.4. The summed E-state index contributed by atoms with van der Waals surface area (Å²) in [5.74, 6) is -2.34. The van der Waals surface area contributed by atoms with Crippen molar-refractivity contribution in [2.24, 2.45) is 0 Å². The standard InChI is InChI=1S/C23H21F3N4O8S/c1-14-4-6-17(7-5-14)20-12-21(23(24,25)26)27-29(20)18-8-10-19(11-9-18)39(35,36)28(16(3)31)13-37-22(32)15(2)38-30(33)34/h4-12,15H,13H2,1-3H3. The smallest absolute Gasteiger partial charge is 0.435 e. The Balaban J connectivity index is 1.93. The maximum Gasteiger partial charge on any atom is 0.435 e. The van der Waals surface area contributed by atoms with Crippen LogP contribution in [0, 0.1) is 17.0 Å². The van der Waals surface area contributed by atoms with Gasteiger partial charge in [0, 0.05) is 12.5 Å². The fourth-order valence-corrected chi connectivity index (χ4v) is 4.54. The summed E-state index contributed by atoms with van der Waals surface area (Å²) >= 11 is 0. The molecule has 208 valence electrons. The molecule has 2 aromatic carbocycles. The first-order valence-corrected chi connectivity index (χ1v) is 12.4. The fourth-order valence-electron chi connectivity index (χ4n) is 3.27. The number of nitrogens with zero attached hydrogens (tertiary/aromatic N) is 4. The van der Waals surface area contributed by atoms with E-state index < -0.39 is 56.6 Å². The molecule has 12 nitrogen and oxygen atoms in total. The number of sulfonamides is 1. The lowest BCUT2D eigenvalue weighted by atomic mass is 10.1. The predicted molar refractivity (Wildman–Crippen MR) is 127 cm³/mol. The van der Waals surface area contributed by atoms with Crippen LogP contribution < -0.4 is 0 Å². The summed E-state index contributed by atoms with van der Waals surface area (Å²) in [4.78, 5) is 37.8. The van der Waals surface area contributed by atoms with Gasteiger partial charge < -0.3 is 4.74 Å². The van der Waals surface area contributed by atoms with Crippen molar-refractivity contribution in [2.75, 3.05) is 6.73 Å². The fraction of sp³-hybridized carbons (Fsp3) is 0.261. The molecule has 0 fully saturated rings. The molecule has 1 unspecified atom stereocenters. The van der Waals surface area contributed by atoms with Crippen LogP contribution in [0.3, 0.4) is 0 Å². The minimum absolute atomic E-state index is 0.0894. The van der Waals surface area contributed by atoms with Crippen LogP contribution in [0.25, 0.3) is 16.9 Å². The quantitative estimate of drug-likeness (QED) is 0.163. The molecule has 1 aromatic heterocycles. The molecule has 39 heavy (non-hydrogen) atoms. The van der Waals surface area contributed by atoms with Crippen LogP contribution in [0.1, 0.15) is 25.1 Å². The summed E-state index contributed by atoms with van der Waals surface area (Å²) in [5, 5.41) is 12.8. The summed E-state index contributed by atoms with van der Waals surface area (Å²) in [6.07, 6.45) is -6.43. The molecule has 3 rings (SSSR count). The van der Waals surface area contributed by atoms with Gasteiger partial charge in [-0.3, -0.25) is 9.63 Å². The van der Waals surface area contributed by atoms with E-state index in [0.29, 0.717) is 5.56 Å². The molecule has 16 heteroatoms. The van der Waals surface area contributed by atoms with E-state index in [2.05, 4.69) is 14.7 Å². The molecule has 0 saturated carbocycles. The van der Waals surface area contributed by atoms with Crippen LogP contribution >= 0.6 is 0 Å². The van der Waals surface area contributed by atoms with E-state index in [1.165, 1.54) is 12.1 Å². The molecule has 0 radical (unpaired) electrons. The largest absolute Gasteiger partial charge is 0.441 e. The van der Waals surface area contributed by atoms with Crippen molar-refractivity contribution in [3.8, 4) is 16.9 Å². The van der Waals surface area contributed by atoms with Crippen LogP contribution in [0.4, 0.5) is 13.2 Å². The second-order valence-corrected chi connectivity index (χ2v) is 9.98. The topological polar surface area (TPSA) is 151 Å². The molecule has 0 spiro atoms. The highest BCUT2D eigenvalue weighted by Gasteiger charge is 2.35. The van der Waals surface area contributed by atoms with Gasteiger partial charge in [0.15, 0.2) is 12.4 Å². The van der Waals surface area contributed by atoms with Crippen LogP contribution in [0.5, 0.6) is 0 Å². The van der Waals surface area contributed by atoms with Gasteiger partial charge in [0.05, 0.1) is 16.3 Å². The highest BCUT2D eigenvalue weighted by Crippen LogP contribution is 2.33. The molecular weight excluding hydrogens is 549 g/mol. The van der Waals surface area contributed by atoms with Gasteiger partial charge in [-0.15, -0.1) is 10.1 Å². The first-order chi connectivity index (χ1) is 18.1. The van der Waals surface area contributed by atoms with Crippen molar-refractivity contribution in [1.82, 2.24) is 14.1 Å². The molecule has 3 aromatic rings. The first kappa shape index (κ1) is 29.1. The lowest BCUT2D eigenvalue weighted by Gasteiger charge is -2.21. The van der Waals surface area contributed by atoms with Crippen LogP contribution in [-0.4, -0.2) is 52.3 Å². The van der Waals surface area contributed by atoms with E-state index in [9.17, 15) is 41.3 Å². The monoisotopic (exact) mass is 570 g/mol. The summed E-state index contributed by atoms with van der Waals surface area (Å²) in [6, 6.07) is 12.0. The van der Waals surface area contributed by atoms with Gasteiger partial charge in [0.25, 0.3) is 15.1 Å². The third kappa shape index (κ3) is 6.70. The van der Waals surface area contributed by atoms with Gasteiger partial charge >= 0.3 is 12.1 Å². The van der Waals surface area contributed by atoms with E-state index in [1.54, 1.807) is 24.3 Å². The Labute approximate surface area is 219 Å². The molecule has 0 N–H and O–H groups in total. The number of amides is 1. The Morgan fingerprint density at radius 1 is 1.13 bits per heavy atom. The second kappa shape index (κ2) is 11.1. The maximum absolute atomic E-state index is 13.4. The van der Waals surface area contributed by atoms with Crippen molar-refractivity contribution in [2.45, 2.75) is 37.9 Å². The Morgan fingerprint density at radius 2 is 1.72 bits per heavy atom. The zero-order valence-electron chi connectivity index (χ0n) is 20.6. The van der Waals surface area contributed by atoms with E-state index in [0.717, 1.165) is 42.3 Å². The number of alkyl halides is 3. The zero-order chi connectivity index (χ0) is 29.1. The Hall–Kier alpha value is -4.47. The summed E-state index contributed by atoms with van der Waals surface area (Å²) in [5.41, 5.74) is 0.346. The average molecular weight is 571 g/mol. The normalized spacial score (nSPS) is 12.5. The number of ether oxygens (including phenoxy) is 1. The lowest BCUT2D eigenvalue weighted by Crippen LogP contribution is -2.39. The minimum Gasteiger partial charge on any atom is -0.441 e. The molecule has 1 amide bonds. The lowest BCUT2D eigenvalue weighted by molar-refractivity contribution is -0.764. The van der Waals surface area contributed by atoms with Crippen molar-refractivity contribution in [3.05, 3.63) is 76.0 Å². The molecular formula is C23H21F3N4O8S. The predicted octanol–water partition coefficient (Wildman–Crippen LogP) is 3.50. The number of hydrogen-bond donors (Lipinski definition) is 0. The molecule has 1 heterocycles. The van der Waals surface area contributed by atoms with Gasteiger partial charge in [-0.1, -0.05) is 29.8 Å².